The van der Waals surface area contributed by atoms with Gasteiger partial charge in [0.15, 0.2) is 0 Å². The fraction of sp³-hybridized carbons (Fsp3) is 0.391. The number of pyridine rings is 2. The highest BCUT2D eigenvalue weighted by Gasteiger charge is 2.51. The second-order valence-electron chi connectivity index (χ2n) is 16.7. The van der Waals surface area contributed by atoms with Crippen LogP contribution in [0.3, 0.4) is 0 Å². The molecule has 6 heterocycles. The van der Waals surface area contributed by atoms with Crippen molar-refractivity contribution in [2.45, 2.75) is 91.1 Å². The fourth-order valence-corrected chi connectivity index (χ4v) is 9.49. The van der Waals surface area contributed by atoms with Crippen LogP contribution in [0, 0.1) is 0 Å². The first-order valence-corrected chi connectivity index (χ1v) is 20.7. The molecule has 60 heavy (non-hydrogen) atoms. The summed E-state index contributed by atoms with van der Waals surface area (Å²) in [6.45, 7) is 11.2. The van der Waals surface area contributed by atoms with Crippen molar-refractivity contribution in [1.29, 1.82) is 0 Å². The average molecular weight is 816 g/mol. The van der Waals surface area contributed by atoms with Crippen LogP contribution in [0.4, 0.5) is 4.79 Å². The number of aliphatic hydroxyl groups excluding tert-OH is 1. The minimum Gasteiger partial charge on any atom is -0.508 e. The summed E-state index contributed by atoms with van der Waals surface area (Å²) in [5.74, 6) is -0.711. The fourth-order valence-electron chi connectivity index (χ4n) is 9.49. The van der Waals surface area contributed by atoms with Crippen molar-refractivity contribution < 1.29 is 39.5 Å². The number of phenolic OH excluding ortho intramolecular Hbond substituents is 3. The van der Waals surface area contributed by atoms with E-state index in [9.17, 15) is 34.8 Å². The van der Waals surface area contributed by atoms with Crippen molar-refractivity contribution in [3.05, 3.63) is 115 Å². The quantitative estimate of drug-likeness (QED) is 0.135. The minimum atomic E-state index is -1.82. The molecule has 0 aliphatic carbocycles. The number of aryl methyl sites for hydroxylation is 1. The van der Waals surface area contributed by atoms with Crippen LogP contribution < -0.4 is 5.56 Å². The number of amides is 1. The van der Waals surface area contributed by atoms with E-state index in [1.54, 1.807) is 46.7 Å². The second kappa shape index (κ2) is 14.9. The zero-order chi connectivity index (χ0) is 42.2. The number of hydrogen-bond donors (Lipinski definition) is 4. The number of piperazine rings is 1. The molecule has 14 heteroatoms. The van der Waals surface area contributed by atoms with Gasteiger partial charge in [0, 0.05) is 74.0 Å². The highest BCUT2D eigenvalue weighted by Crippen LogP contribution is 2.43. The molecule has 4 N–H and O–H groups in total. The van der Waals surface area contributed by atoms with Gasteiger partial charge in [0.2, 0.25) is 5.60 Å². The largest absolute Gasteiger partial charge is 0.508 e. The molecule has 0 radical (unpaired) electrons. The first kappa shape index (κ1) is 39.5. The molecule has 4 aliphatic rings. The van der Waals surface area contributed by atoms with Crippen LogP contribution in [0.5, 0.6) is 17.2 Å². The molecule has 9 rings (SSSR count). The van der Waals surface area contributed by atoms with Crippen molar-refractivity contribution in [3.8, 4) is 28.6 Å². The molecular formula is C46H49N5O9. The molecule has 312 valence electrons. The van der Waals surface area contributed by atoms with Gasteiger partial charge >= 0.3 is 12.1 Å². The Balaban J connectivity index is 0.888. The molecule has 2 atom stereocenters. The van der Waals surface area contributed by atoms with Gasteiger partial charge in [-0.15, -0.1) is 0 Å². The van der Waals surface area contributed by atoms with Gasteiger partial charge in [-0.25, -0.2) is 14.6 Å². The topological polar surface area (TPSA) is 178 Å². The molecular weight excluding hydrogens is 767 g/mol. The number of phenols is 3. The van der Waals surface area contributed by atoms with E-state index in [2.05, 4.69) is 23.1 Å². The highest BCUT2D eigenvalue weighted by molar-refractivity contribution is 5.90. The monoisotopic (exact) mass is 815 g/mol. The Hall–Kier alpha value is -5.96. The third-order valence-corrected chi connectivity index (χ3v) is 12.8. The van der Waals surface area contributed by atoms with Crippen LogP contribution in [-0.2, 0) is 59.1 Å². The number of aliphatic hydroxyl groups is 1. The zero-order valence-electron chi connectivity index (χ0n) is 34.2. The van der Waals surface area contributed by atoms with Crippen LogP contribution in [0.2, 0.25) is 0 Å². The van der Waals surface area contributed by atoms with Gasteiger partial charge in [0.05, 0.1) is 29.0 Å². The summed E-state index contributed by atoms with van der Waals surface area (Å²) in [5, 5.41) is 43.2. The van der Waals surface area contributed by atoms with Crippen molar-refractivity contribution in [2.75, 3.05) is 26.2 Å². The van der Waals surface area contributed by atoms with Crippen molar-refractivity contribution in [1.82, 2.24) is 24.3 Å². The lowest BCUT2D eigenvalue weighted by atomic mass is 9.85. The molecule has 5 aromatic rings. The Kier molecular flexibility index (Phi) is 9.84. The molecule has 1 saturated heterocycles. The molecule has 0 spiro atoms. The number of carbonyl (C=O) groups excluding carboxylic acids is 2. The first-order valence-electron chi connectivity index (χ1n) is 20.7. The van der Waals surface area contributed by atoms with Crippen LogP contribution in [-0.4, -0.2) is 82.9 Å². The number of aromatic hydroxyl groups is 3. The number of esters is 1. The summed E-state index contributed by atoms with van der Waals surface area (Å²) in [6, 6.07) is 16.0. The Labute approximate surface area is 346 Å². The van der Waals surface area contributed by atoms with Crippen LogP contribution in [0.15, 0.2) is 59.4 Å². The molecule has 4 aliphatic heterocycles. The first-order chi connectivity index (χ1) is 28.8. The number of nitrogens with zero attached hydrogens (tertiary/aromatic N) is 5. The molecule has 14 nitrogen and oxygen atoms in total. The summed E-state index contributed by atoms with van der Waals surface area (Å²) in [4.78, 5) is 52.4. The minimum absolute atomic E-state index is 0.00425. The SMILES string of the molecule is CCc1c2c(nc3ccc(O)cc13)-c1cc3c(c(=O)n1C2)COC(=O)C3(CC)OC(=O)N1CCN(Cc2ccc3c(c2)CN(C(O)c2cc(C(C)C)c(O)cc2O)C3)CC1. The standard InChI is InChI=1S/C46H49N5O9/c1-5-30-32-16-29(52)9-10-37(32)47-41-34(30)23-51-38(41)18-36-35(43(51)56)24-59-44(57)46(36,6-2)60-45(58)49-13-11-48(12-14-49)20-26-7-8-27-21-50(22-28(27)15-26)42(55)33-17-31(25(3)4)39(53)19-40(33)54/h7-10,15-19,25,42,52-55H,5-6,11-14,20-24H2,1-4H3. The van der Waals surface area contributed by atoms with Crippen molar-refractivity contribution in [3.63, 3.8) is 0 Å². The van der Waals surface area contributed by atoms with Gasteiger partial charge in [0.25, 0.3) is 5.56 Å². The van der Waals surface area contributed by atoms with E-state index in [1.807, 2.05) is 25.7 Å². The van der Waals surface area contributed by atoms with Crippen LogP contribution in [0.1, 0.15) is 96.3 Å². The number of aromatic nitrogens is 2. The third kappa shape index (κ3) is 6.44. The summed E-state index contributed by atoms with van der Waals surface area (Å²) < 4.78 is 13.4. The summed E-state index contributed by atoms with van der Waals surface area (Å²) in [7, 11) is 0. The smallest absolute Gasteiger partial charge is 0.411 e. The molecule has 1 amide bonds. The number of rotatable bonds is 8. The molecule has 1 fully saturated rings. The normalized spacial score (nSPS) is 19.2. The molecule has 2 unspecified atom stereocenters. The van der Waals surface area contributed by atoms with E-state index in [0.29, 0.717) is 85.8 Å². The maximum absolute atomic E-state index is 14.1. The summed E-state index contributed by atoms with van der Waals surface area (Å²) >= 11 is 0. The van der Waals surface area contributed by atoms with Gasteiger partial charge in [-0.1, -0.05) is 45.9 Å². The third-order valence-electron chi connectivity index (χ3n) is 12.8. The Bertz CT molecular complexity index is 2650. The van der Waals surface area contributed by atoms with Gasteiger partial charge in [-0.2, -0.15) is 0 Å². The lowest BCUT2D eigenvalue weighted by molar-refractivity contribution is -0.173. The van der Waals surface area contributed by atoms with Gasteiger partial charge in [0.1, 0.15) is 30.1 Å². The molecule has 3 aromatic carbocycles. The van der Waals surface area contributed by atoms with Crippen molar-refractivity contribution >= 4 is 23.0 Å². The Morgan fingerprint density at radius 3 is 2.37 bits per heavy atom. The maximum Gasteiger partial charge on any atom is 0.411 e. The second-order valence-corrected chi connectivity index (χ2v) is 16.7. The predicted octanol–water partition coefficient (Wildman–Crippen LogP) is 5.85. The van der Waals surface area contributed by atoms with Gasteiger partial charge in [-0.05, 0) is 76.9 Å². The van der Waals surface area contributed by atoms with E-state index >= 15 is 0 Å². The van der Waals surface area contributed by atoms with E-state index in [4.69, 9.17) is 14.5 Å². The van der Waals surface area contributed by atoms with Gasteiger partial charge in [-0.3, -0.25) is 14.6 Å². The van der Waals surface area contributed by atoms with E-state index in [0.717, 1.165) is 33.2 Å². The van der Waals surface area contributed by atoms with Crippen LogP contribution >= 0.6 is 0 Å². The number of benzene rings is 3. The lowest BCUT2D eigenvalue weighted by Gasteiger charge is -2.39. The average Bonchev–Trinajstić information content (AvgIpc) is 3.82. The highest BCUT2D eigenvalue weighted by atomic mass is 16.6. The maximum atomic E-state index is 14.1. The van der Waals surface area contributed by atoms with Crippen molar-refractivity contribution in [2.24, 2.45) is 0 Å². The molecule has 0 saturated carbocycles. The Morgan fingerprint density at radius 2 is 1.63 bits per heavy atom. The number of fused-ring (bicyclic) bond motifs is 6. The summed E-state index contributed by atoms with van der Waals surface area (Å²) in [6.07, 6.45) is -0.988. The predicted molar refractivity (Wildman–Crippen MR) is 221 cm³/mol. The van der Waals surface area contributed by atoms with E-state index in [1.165, 1.54) is 6.07 Å². The lowest BCUT2D eigenvalue weighted by Crippen LogP contribution is -2.53. The van der Waals surface area contributed by atoms with Crippen LogP contribution in [0.25, 0.3) is 22.3 Å². The number of cyclic esters (lactones) is 1. The summed E-state index contributed by atoms with van der Waals surface area (Å²) in [5.41, 5.74) is 6.47. The Morgan fingerprint density at radius 1 is 0.883 bits per heavy atom. The zero-order valence-corrected chi connectivity index (χ0v) is 34.2. The number of hydrogen-bond acceptors (Lipinski definition) is 12. The molecule has 0 bridgehead atoms. The number of ether oxygens (including phenoxy) is 2. The number of carbonyl (C=O) groups is 2. The molecule has 2 aromatic heterocycles. The van der Waals surface area contributed by atoms with E-state index in [-0.39, 0.29) is 53.9 Å². The van der Waals surface area contributed by atoms with E-state index < -0.39 is 23.9 Å². The van der Waals surface area contributed by atoms with Gasteiger partial charge < -0.3 is 39.4 Å².